The fraction of sp³-hybridized carbons (Fsp3) is 1.00. The van der Waals surface area contributed by atoms with Crippen LogP contribution in [0.5, 0.6) is 0 Å². The summed E-state index contributed by atoms with van der Waals surface area (Å²) in [5.41, 5.74) is 0. The molecule has 192 valence electrons. The van der Waals surface area contributed by atoms with Crippen LogP contribution in [0.1, 0.15) is 0 Å². The van der Waals surface area contributed by atoms with Gasteiger partial charge >= 0.3 is 15.6 Å². The minimum atomic E-state index is -4.59. The third kappa shape index (κ3) is 10.9. The second-order valence-corrected chi connectivity index (χ2v) is 12.5. The van der Waals surface area contributed by atoms with Crippen LogP contribution in [0.15, 0.2) is 0 Å². The Labute approximate surface area is 188 Å². The van der Waals surface area contributed by atoms with Gasteiger partial charge in [0.1, 0.15) is 51.2 Å². The summed E-state index contributed by atoms with van der Waals surface area (Å²) >= 11 is 0. The molecule has 6 atom stereocenters. The number of rotatable bonds is 14. The van der Waals surface area contributed by atoms with Crippen LogP contribution in [-0.4, -0.2) is 140 Å². The van der Waals surface area contributed by atoms with Gasteiger partial charge in [-0.1, -0.05) is 0 Å². The van der Waals surface area contributed by atoms with Gasteiger partial charge in [-0.3, -0.25) is 18.1 Å². The highest BCUT2D eigenvalue weighted by atomic mass is 31.2. The maximum atomic E-state index is 12.0. The molecule has 5 N–H and O–H groups in total. The lowest BCUT2D eigenvalue weighted by atomic mass is 10.1. The summed E-state index contributed by atoms with van der Waals surface area (Å²) in [4.78, 5) is 19.5. The Balaban J connectivity index is 2.57. The summed E-state index contributed by atoms with van der Waals surface area (Å²) in [7, 11) is 2.05. The highest BCUT2D eigenvalue weighted by Crippen LogP contribution is 2.46. The van der Waals surface area contributed by atoms with Crippen molar-refractivity contribution in [2.24, 2.45) is 0 Å². The Hall–Kier alpha value is -0.0200. The SMILES string of the molecule is C[N+](C)(C)CCOP(=O)(O)OC[C@H]1O[C@@](O)(COP(=O)(O)OCC[N+](C)(C)C)[C@H](O)[C@@H]1O. The number of nitrogens with zero attached hydrogens (tertiary/aromatic N) is 2. The largest absolute Gasteiger partial charge is 0.472 e. The Morgan fingerprint density at radius 3 is 1.72 bits per heavy atom. The van der Waals surface area contributed by atoms with Crippen molar-refractivity contribution in [3.63, 3.8) is 0 Å². The van der Waals surface area contributed by atoms with Gasteiger partial charge < -0.3 is 38.8 Å². The standard InChI is InChI=1S/C16H36N2O12P2/c1-17(2,3)7-9-26-31(22,23)28-11-13-14(19)15(20)16(21,30-13)12-29-32(24,25)27-10-8-18(4,5)6/h13-15,19-21H,7-12H2,1-6H3/p+2/t13-,14-,15-,16+/m1/s1. The smallest absolute Gasteiger partial charge is 0.387 e. The molecule has 1 rings (SSSR count). The minimum absolute atomic E-state index is 0.0777. The summed E-state index contributed by atoms with van der Waals surface area (Å²) in [6.45, 7) is -1.10. The van der Waals surface area contributed by atoms with Gasteiger partial charge in [-0.15, -0.1) is 0 Å². The molecule has 1 heterocycles. The van der Waals surface area contributed by atoms with Crippen LogP contribution in [0.2, 0.25) is 0 Å². The molecule has 14 nitrogen and oxygen atoms in total. The van der Waals surface area contributed by atoms with Crippen LogP contribution in [0.3, 0.4) is 0 Å². The minimum Gasteiger partial charge on any atom is -0.387 e. The Morgan fingerprint density at radius 2 is 1.28 bits per heavy atom. The van der Waals surface area contributed by atoms with Gasteiger partial charge in [0.25, 0.3) is 0 Å². The van der Waals surface area contributed by atoms with Crippen LogP contribution in [0, 0.1) is 0 Å². The van der Waals surface area contributed by atoms with E-state index in [1.807, 2.05) is 42.3 Å². The molecule has 1 aliphatic heterocycles. The molecule has 1 fully saturated rings. The van der Waals surface area contributed by atoms with Crippen molar-refractivity contribution in [1.82, 2.24) is 0 Å². The first-order valence-corrected chi connectivity index (χ1v) is 12.9. The van der Waals surface area contributed by atoms with Gasteiger partial charge in [0.2, 0.25) is 5.79 Å². The third-order valence-corrected chi connectivity index (χ3v) is 6.34. The number of phosphoric ester groups is 2. The Kier molecular flexibility index (Phi) is 10.5. The van der Waals surface area contributed by atoms with E-state index < -0.39 is 53.0 Å². The first-order valence-electron chi connectivity index (χ1n) is 9.86. The van der Waals surface area contributed by atoms with Gasteiger partial charge in [-0.05, 0) is 0 Å². The zero-order valence-electron chi connectivity index (χ0n) is 19.4. The molecular formula is C16H38N2O12P2+2. The Morgan fingerprint density at radius 1 is 0.844 bits per heavy atom. The lowest BCUT2D eigenvalue weighted by molar-refractivity contribution is -0.870. The number of hydrogen-bond acceptors (Lipinski definition) is 10. The molecule has 0 saturated carbocycles. The lowest BCUT2D eigenvalue weighted by Crippen LogP contribution is -2.46. The molecule has 2 unspecified atom stereocenters. The fourth-order valence-corrected chi connectivity index (χ4v) is 3.86. The number of hydrogen-bond donors (Lipinski definition) is 5. The summed E-state index contributed by atoms with van der Waals surface area (Å²) in [5, 5.41) is 30.6. The molecule has 32 heavy (non-hydrogen) atoms. The predicted molar refractivity (Wildman–Crippen MR) is 111 cm³/mol. The topological polar surface area (TPSA) is 181 Å². The normalized spacial score (nSPS) is 30.8. The number of likely N-dealkylation sites (N-methyl/N-ethyl adjacent to an activating group) is 2. The monoisotopic (exact) mass is 512 g/mol. The average molecular weight is 512 g/mol. The highest BCUT2D eigenvalue weighted by Gasteiger charge is 2.55. The second-order valence-electron chi connectivity index (χ2n) is 9.64. The van der Waals surface area contributed by atoms with E-state index in [4.69, 9.17) is 22.8 Å². The first-order chi connectivity index (χ1) is 14.3. The van der Waals surface area contributed by atoms with Crippen molar-refractivity contribution in [3.05, 3.63) is 0 Å². The van der Waals surface area contributed by atoms with Crippen LogP contribution < -0.4 is 0 Å². The summed E-state index contributed by atoms with van der Waals surface area (Å²) in [6, 6.07) is 0. The molecule has 0 amide bonds. The van der Waals surface area contributed by atoms with Crippen molar-refractivity contribution in [3.8, 4) is 0 Å². The van der Waals surface area contributed by atoms with E-state index in [0.29, 0.717) is 22.1 Å². The molecular weight excluding hydrogens is 474 g/mol. The van der Waals surface area contributed by atoms with E-state index in [-0.39, 0.29) is 13.2 Å². The molecule has 0 bridgehead atoms. The molecule has 0 aromatic carbocycles. The second kappa shape index (κ2) is 11.1. The van der Waals surface area contributed by atoms with Crippen LogP contribution in [0.25, 0.3) is 0 Å². The number of aliphatic hydroxyl groups is 3. The molecule has 16 heteroatoms. The fourth-order valence-electron chi connectivity index (χ4n) is 2.40. The van der Waals surface area contributed by atoms with Crippen molar-refractivity contribution in [1.29, 1.82) is 0 Å². The molecule has 1 saturated heterocycles. The lowest BCUT2D eigenvalue weighted by Gasteiger charge is -2.27. The molecule has 0 aromatic heterocycles. The maximum Gasteiger partial charge on any atom is 0.472 e. The zero-order chi connectivity index (χ0) is 25.0. The van der Waals surface area contributed by atoms with E-state index in [2.05, 4.69) is 0 Å². The van der Waals surface area contributed by atoms with Gasteiger partial charge in [-0.2, -0.15) is 0 Å². The van der Waals surface area contributed by atoms with Gasteiger partial charge in [-0.25, -0.2) is 9.13 Å². The highest BCUT2D eigenvalue weighted by molar-refractivity contribution is 7.47. The van der Waals surface area contributed by atoms with Crippen molar-refractivity contribution in [2.45, 2.75) is 24.1 Å². The quantitative estimate of drug-likeness (QED) is 0.134. The summed E-state index contributed by atoms with van der Waals surface area (Å²) in [6.07, 6.45) is -5.15. The van der Waals surface area contributed by atoms with E-state index in [1.165, 1.54) is 0 Å². The van der Waals surface area contributed by atoms with E-state index in [1.54, 1.807) is 0 Å². The van der Waals surface area contributed by atoms with E-state index >= 15 is 0 Å². The predicted octanol–water partition coefficient (Wildman–Crippen LogP) is -1.52. The number of quaternary nitrogens is 2. The van der Waals surface area contributed by atoms with Crippen molar-refractivity contribution >= 4 is 15.6 Å². The Bertz CT molecular complexity index is 697. The zero-order valence-corrected chi connectivity index (χ0v) is 21.1. The number of aliphatic hydroxyl groups excluding tert-OH is 2. The molecule has 1 aliphatic rings. The first kappa shape index (κ1) is 30.0. The number of ether oxygens (including phenoxy) is 1. The van der Waals surface area contributed by atoms with Crippen LogP contribution in [0.4, 0.5) is 0 Å². The maximum absolute atomic E-state index is 12.0. The third-order valence-electron chi connectivity index (χ3n) is 4.39. The molecule has 0 radical (unpaired) electrons. The van der Waals surface area contributed by atoms with Crippen LogP contribution in [-0.2, 0) is 32.0 Å². The van der Waals surface area contributed by atoms with Gasteiger partial charge in [0.15, 0.2) is 0 Å². The number of phosphoric acid groups is 2. The van der Waals surface area contributed by atoms with Crippen molar-refractivity contribution in [2.75, 3.05) is 81.8 Å². The van der Waals surface area contributed by atoms with Gasteiger partial charge in [0.05, 0.1) is 48.9 Å². The summed E-state index contributed by atoms with van der Waals surface area (Å²) < 4.78 is 49.1. The average Bonchev–Trinajstić information content (AvgIpc) is 2.80. The molecule has 0 aliphatic carbocycles. The van der Waals surface area contributed by atoms with E-state index in [0.717, 1.165) is 0 Å². The van der Waals surface area contributed by atoms with Crippen LogP contribution >= 0.6 is 15.6 Å². The molecule has 0 aromatic rings. The summed E-state index contributed by atoms with van der Waals surface area (Å²) in [5.74, 6) is -2.58. The van der Waals surface area contributed by atoms with E-state index in [9.17, 15) is 34.2 Å². The van der Waals surface area contributed by atoms with Crippen molar-refractivity contribution < 1.29 is 66.0 Å². The van der Waals surface area contributed by atoms with Gasteiger partial charge in [0, 0.05) is 0 Å². The molecule has 0 spiro atoms.